The molecular weight excluding hydrogens is 338 g/mol. The van der Waals surface area contributed by atoms with E-state index in [4.69, 9.17) is 0 Å². The molecule has 0 saturated carbocycles. The summed E-state index contributed by atoms with van der Waals surface area (Å²) in [6.45, 7) is 1.98. The average Bonchev–Trinajstić information content (AvgIpc) is 2.82. The zero-order chi connectivity index (χ0) is 14.5. The molecule has 20 heavy (non-hydrogen) atoms. The van der Waals surface area contributed by atoms with E-state index in [0.29, 0.717) is 5.75 Å². The van der Waals surface area contributed by atoms with Crippen LogP contribution < -0.4 is 5.32 Å². The van der Waals surface area contributed by atoms with Crippen molar-refractivity contribution in [2.75, 3.05) is 5.75 Å². The van der Waals surface area contributed by atoms with Crippen molar-refractivity contribution < 1.29 is 4.79 Å². The van der Waals surface area contributed by atoms with Gasteiger partial charge in [-0.05, 0) is 24.6 Å². The third kappa shape index (κ3) is 4.11. The first kappa shape index (κ1) is 15.1. The Balaban J connectivity index is 1.85. The predicted octanol–water partition coefficient (Wildman–Crippen LogP) is 3.15. The van der Waals surface area contributed by atoms with E-state index in [9.17, 15) is 4.79 Å². The van der Waals surface area contributed by atoms with Gasteiger partial charge in [-0.1, -0.05) is 39.8 Å². The SMILES string of the molecule is CC(NC(=O)CSc1nccn1C)c1ccc(Br)cc1. The third-order valence-corrected chi connectivity index (χ3v) is 4.44. The number of amides is 1. The summed E-state index contributed by atoms with van der Waals surface area (Å²) in [7, 11) is 1.91. The lowest BCUT2D eigenvalue weighted by Gasteiger charge is -2.14. The maximum Gasteiger partial charge on any atom is 0.230 e. The third-order valence-electron chi connectivity index (χ3n) is 2.86. The molecule has 1 heterocycles. The van der Waals surface area contributed by atoms with Gasteiger partial charge in [0, 0.05) is 23.9 Å². The Labute approximate surface area is 131 Å². The molecule has 6 heteroatoms. The van der Waals surface area contributed by atoms with Crippen LogP contribution >= 0.6 is 27.7 Å². The van der Waals surface area contributed by atoms with Gasteiger partial charge in [0.1, 0.15) is 0 Å². The largest absolute Gasteiger partial charge is 0.349 e. The molecular formula is C14H16BrN3OS. The normalized spacial score (nSPS) is 12.2. The van der Waals surface area contributed by atoms with E-state index < -0.39 is 0 Å². The van der Waals surface area contributed by atoms with Gasteiger partial charge in [0.15, 0.2) is 5.16 Å². The van der Waals surface area contributed by atoms with Crippen LogP contribution in [0.2, 0.25) is 0 Å². The molecule has 0 aliphatic rings. The summed E-state index contributed by atoms with van der Waals surface area (Å²) < 4.78 is 2.93. The number of halogens is 1. The van der Waals surface area contributed by atoms with Crippen molar-refractivity contribution in [1.82, 2.24) is 14.9 Å². The molecule has 106 valence electrons. The van der Waals surface area contributed by atoms with Crippen LogP contribution in [-0.2, 0) is 11.8 Å². The number of nitrogens with zero attached hydrogens (tertiary/aromatic N) is 2. The average molecular weight is 354 g/mol. The molecule has 1 unspecified atom stereocenters. The monoisotopic (exact) mass is 353 g/mol. The van der Waals surface area contributed by atoms with Gasteiger partial charge in [-0.3, -0.25) is 4.79 Å². The van der Waals surface area contributed by atoms with Gasteiger partial charge in [-0.15, -0.1) is 0 Å². The van der Waals surface area contributed by atoms with Gasteiger partial charge in [0.25, 0.3) is 0 Å². The maximum absolute atomic E-state index is 11.9. The van der Waals surface area contributed by atoms with E-state index in [1.165, 1.54) is 11.8 Å². The molecule has 0 aliphatic carbocycles. The number of hydrogen-bond donors (Lipinski definition) is 1. The van der Waals surface area contributed by atoms with Crippen LogP contribution in [0.3, 0.4) is 0 Å². The minimum Gasteiger partial charge on any atom is -0.349 e. The van der Waals surface area contributed by atoms with Gasteiger partial charge in [-0.2, -0.15) is 0 Å². The number of rotatable bonds is 5. The number of aryl methyl sites for hydroxylation is 1. The summed E-state index contributed by atoms with van der Waals surface area (Å²) in [5.41, 5.74) is 1.09. The van der Waals surface area contributed by atoms with Gasteiger partial charge in [0.05, 0.1) is 11.8 Å². The molecule has 1 aromatic heterocycles. The first-order chi connectivity index (χ1) is 9.56. The van der Waals surface area contributed by atoms with Crippen molar-refractivity contribution in [3.05, 3.63) is 46.7 Å². The number of thioether (sulfide) groups is 1. The number of benzene rings is 1. The lowest BCUT2D eigenvalue weighted by molar-refractivity contribution is -0.119. The number of imidazole rings is 1. The second-order valence-electron chi connectivity index (χ2n) is 4.45. The highest BCUT2D eigenvalue weighted by Crippen LogP contribution is 2.18. The molecule has 1 amide bonds. The van der Waals surface area contributed by atoms with Gasteiger partial charge < -0.3 is 9.88 Å². The first-order valence-corrected chi connectivity index (χ1v) is 7.99. The van der Waals surface area contributed by atoms with Crippen molar-refractivity contribution in [2.45, 2.75) is 18.1 Å². The van der Waals surface area contributed by atoms with Crippen LogP contribution in [0.15, 0.2) is 46.3 Å². The minimum atomic E-state index is -0.00225. The molecule has 0 fully saturated rings. The second kappa shape index (κ2) is 6.95. The van der Waals surface area contributed by atoms with Crippen molar-refractivity contribution in [2.24, 2.45) is 7.05 Å². The van der Waals surface area contributed by atoms with E-state index in [1.54, 1.807) is 6.20 Å². The summed E-state index contributed by atoms with van der Waals surface area (Å²) in [6.07, 6.45) is 3.59. The van der Waals surface area contributed by atoms with Crippen molar-refractivity contribution >= 4 is 33.6 Å². The van der Waals surface area contributed by atoms with E-state index in [2.05, 4.69) is 26.2 Å². The lowest BCUT2D eigenvalue weighted by Crippen LogP contribution is -2.28. The van der Waals surface area contributed by atoms with Crippen LogP contribution in [-0.4, -0.2) is 21.2 Å². The number of hydrogen-bond acceptors (Lipinski definition) is 3. The van der Waals surface area contributed by atoms with Crippen LogP contribution in [0.5, 0.6) is 0 Å². The van der Waals surface area contributed by atoms with E-state index >= 15 is 0 Å². The van der Waals surface area contributed by atoms with Crippen molar-refractivity contribution in [3.8, 4) is 0 Å². The standard InChI is InChI=1S/C14H16BrN3OS/c1-10(11-3-5-12(15)6-4-11)17-13(19)9-20-14-16-7-8-18(14)2/h3-8,10H,9H2,1-2H3,(H,17,19). The van der Waals surface area contributed by atoms with E-state index in [1.807, 2.05) is 49.0 Å². The highest BCUT2D eigenvalue weighted by atomic mass is 79.9. The summed E-state index contributed by atoms with van der Waals surface area (Å²) in [5.74, 6) is 0.375. The van der Waals surface area contributed by atoms with E-state index in [-0.39, 0.29) is 11.9 Å². The number of nitrogens with one attached hydrogen (secondary N) is 1. The molecule has 2 rings (SSSR count). The summed E-state index contributed by atoms with van der Waals surface area (Å²) in [6, 6.07) is 7.95. The quantitative estimate of drug-likeness (QED) is 0.839. The van der Waals surface area contributed by atoms with Crippen LogP contribution in [0, 0.1) is 0 Å². The Morgan fingerprint density at radius 1 is 1.45 bits per heavy atom. The molecule has 2 aromatic rings. The Kier molecular flexibility index (Phi) is 5.25. The smallest absolute Gasteiger partial charge is 0.230 e. The Hall–Kier alpha value is -1.27. The second-order valence-corrected chi connectivity index (χ2v) is 6.31. The molecule has 0 aliphatic heterocycles. The number of aromatic nitrogens is 2. The number of carbonyl (C=O) groups is 1. The highest BCUT2D eigenvalue weighted by molar-refractivity contribution is 9.10. The van der Waals surface area contributed by atoms with Crippen molar-refractivity contribution in [3.63, 3.8) is 0 Å². The van der Waals surface area contributed by atoms with Gasteiger partial charge >= 0.3 is 0 Å². The Bertz CT molecular complexity index is 582. The molecule has 0 saturated heterocycles. The van der Waals surface area contributed by atoms with Crippen LogP contribution in [0.25, 0.3) is 0 Å². The zero-order valence-corrected chi connectivity index (χ0v) is 13.7. The molecule has 1 N–H and O–H groups in total. The lowest BCUT2D eigenvalue weighted by atomic mass is 10.1. The Morgan fingerprint density at radius 3 is 2.75 bits per heavy atom. The fourth-order valence-corrected chi connectivity index (χ4v) is 2.75. The molecule has 0 bridgehead atoms. The molecule has 4 nitrogen and oxygen atoms in total. The molecule has 1 aromatic carbocycles. The highest BCUT2D eigenvalue weighted by Gasteiger charge is 2.11. The summed E-state index contributed by atoms with van der Waals surface area (Å²) in [4.78, 5) is 16.1. The van der Waals surface area contributed by atoms with E-state index in [0.717, 1.165) is 15.2 Å². The number of carbonyl (C=O) groups excluding carboxylic acids is 1. The van der Waals surface area contributed by atoms with Crippen LogP contribution in [0.4, 0.5) is 0 Å². The predicted molar refractivity (Wildman–Crippen MR) is 84.6 cm³/mol. The topological polar surface area (TPSA) is 46.9 Å². The molecule has 0 radical (unpaired) electrons. The fraction of sp³-hybridized carbons (Fsp3) is 0.286. The molecule has 1 atom stereocenters. The van der Waals surface area contributed by atoms with Gasteiger partial charge in [0.2, 0.25) is 5.91 Å². The minimum absolute atomic E-state index is 0.00225. The molecule has 0 spiro atoms. The zero-order valence-electron chi connectivity index (χ0n) is 11.3. The maximum atomic E-state index is 11.9. The first-order valence-electron chi connectivity index (χ1n) is 6.21. The Morgan fingerprint density at radius 2 is 2.15 bits per heavy atom. The summed E-state index contributed by atoms with van der Waals surface area (Å²) in [5, 5.41) is 3.83. The summed E-state index contributed by atoms with van der Waals surface area (Å²) >= 11 is 4.83. The van der Waals surface area contributed by atoms with Crippen molar-refractivity contribution in [1.29, 1.82) is 0 Å². The van der Waals surface area contributed by atoms with Crippen LogP contribution in [0.1, 0.15) is 18.5 Å². The fourth-order valence-electron chi connectivity index (χ4n) is 1.74. The van der Waals surface area contributed by atoms with Gasteiger partial charge in [-0.25, -0.2) is 4.98 Å².